The van der Waals surface area contributed by atoms with Crippen molar-refractivity contribution in [3.8, 4) is 11.4 Å². The van der Waals surface area contributed by atoms with Crippen molar-refractivity contribution >= 4 is 17.6 Å². The number of piperidine rings is 1. The first kappa shape index (κ1) is 25.8. The van der Waals surface area contributed by atoms with Crippen LogP contribution in [-0.2, 0) is 18.3 Å². The van der Waals surface area contributed by atoms with Gasteiger partial charge in [-0.05, 0) is 90.4 Å². The Kier molecular flexibility index (Phi) is 7.95. The molecule has 2 fully saturated rings. The molecular formula is C28H34FN7O2. The van der Waals surface area contributed by atoms with Gasteiger partial charge in [0.15, 0.2) is 5.82 Å². The third-order valence-electron chi connectivity index (χ3n) is 7.69. The van der Waals surface area contributed by atoms with Gasteiger partial charge in [0.2, 0.25) is 5.91 Å². The van der Waals surface area contributed by atoms with E-state index >= 15 is 0 Å². The molecule has 200 valence electrons. The maximum absolute atomic E-state index is 13.6. The first-order valence-corrected chi connectivity index (χ1v) is 13.4. The fourth-order valence-corrected chi connectivity index (χ4v) is 5.73. The summed E-state index contributed by atoms with van der Waals surface area (Å²) in [6.07, 6.45) is 6.40. The first-order chi connectivity index (χ1) is 18.5. The van der Waals surface area contributed by atoms with Crippen molar-refractivity contribution in [2.45, 2.75) is 51.0 Å². The van der Waals surface area contributed by atoms with Crippen LogP contribution in [0.3, 0.4) is 0 Å². The van der Waals surface area contributed by atoms with Gasteiger partial charge >= 0.3 is 6.03 Å². The quantitative estimate of drug-likeness (QED) is 0.509. The maximum atomic E-state index is 13.6. The van der Waals surface area contributed by atoms with Gasteiger partial charge in [0.25, 0.3) is 0 Å². The molecule has 1 saturated carbocycles. The third-order valence-corrected chi connectivity index (χ3v) is 7.69. The number of carbonyl (C=O) groups excluding carboxylic acids is 2. The van der Waals surface area contributed by atoms with Gasteiger partial charge in [0.05, 0.1) is 5.92 Å². The summed E-state index contributed by atoms with van der Waals surface area (Å²) in [5, 5.41) is 17.5. The van der Waals surface area contributed by atoms with Gasteiger partial charge in [-0.3, -0.25) is 4.79 Å². The van der Waals surface area contributed by atoms with Crippen LogP contribution in [0, 0.1) is 17.7 Å². The number of hydrogen-bond donors (Lipinski definition) is 2. The smallest absolute Gasteiger partial charge is 0.319 e. The number of rotatable bonds is 6. The first-order valence-electron chi connectivity index (χ1n) is 13.4. The average molecular weight is 520 g/mol. The minimum atomic E-state index is -0.310. The van der Waals surface area contributed by atoms with E-state index in [1.165, 1.54) is 12.1 Å². The van der Waals surface area contributed by atoms with Crippen molar-refractivity contribution in [2.24, 2.45) is 18.9 Å². The molecule has 1 aliphatic carbocycles. The van der Waals surface area contributed by atoms with E-state index in [1.54, 1.807) is 11.7 Å². The number of aryl methyl sites for hydroxylation is 1. The number of likely N-dealkylation sites (tertiary alicyclic amines) is 1. The Labute approximate surface area is 221 Å². The molecule has 2 N–H and O–H groups in total. The highest BCUT2D eigenvalue weighted by atomic mass is 19.1. The summed E-state index contributed by atoms with van der Waals surface area (Å²) < 4.78 is 14.9. The van der Waals surface area contributed by atoms with Gasteiger partial charge in [-0.1, -0.05) is 25.0 Å². The van der Waals surface area contributed by atoms with E-state index in [4.69, 9.17) is 0 Å². The van der Waals surface area contributed by atoms with E-state index in [-0.39, 0.29) is 29.7 Å². The van der Waals surface area contributed by atoms with E-state index in [0.717, 1.165) is 62.6 Å². The van der Waals surface area contributed by atoms with Gasteiger partial charge in [0.1, 0.15) is 5.82 Å². The van der Waals surface area contributed by atoms with Crippen LogP contribution in [0.5, 0.6) is 0 Å². The molecule has 3 atom stereocenters. The number of hydrogen-bond acceptors (Lipinski definition) is 5. The molecule has 3 amide bonds. The van der Waals surface area contributed by atoms with Crippen LogP contribution in [0.15, 0.2) is 48.5 Å². The van der Waals surface area contributed by atoms with Crippen LogP contribution >= 0.6 is 0 Å². The molecule has 1 aromatic heterocycles. The van der Waals surface area contributed by atoms with Crippen LogP contribution in [-0.4, -0.2) is 56.2 Å². The summed E-state index contributed by atoms with van der Waals surface area (Å²) in [4.78, 5) is 28.5. The second-order valence-corrected chi connectivity index (χ2v) is 10.4. The molecule has 0 radical (unpaired) electrons. The Morgan fingerprint density at radius 2 is 1.76 bits per heavy atom. The zero-order valence-electron chi connectivity index (χ0n) is 21.6. The molecule has 5 rings (SSSR count). The molecule has 2 aliphatic rings. The zero-order chi connectivity index (χ0) is 26.5. The van der Waals surface area contributed by atoms with E-state index in [2.05, 4.69) is 26.2 Å². The third kappa shape index (κ3) is 6.17. The summed E-state index contributed by atoms with van der Waals surface area (Å²) in [7, 11) is 1.77. The Morgan fingerprint density at radius 3 is 2.50 bits per heavy atom. The van der Waals surface area contributed by atoms with Crippen molar-refractivity contribution in [3.63, 3.8) is 0 Å². The largest absolute Gasteiger partial charge is 0.342 e. The fourth-order valence-electron chi connectivity index (χ4n) is 5.73. The zero-order valence-corrected chi connectivity index (χ0v) is 21.6. The van der Waals surface area contributed by atoms with Crippen molar-refractivity contribution in [2.75, 3.05) is 18.4 Å². The number of carbonyl (C=O) groups is 2. The van der Waals surface area contributed by atoms with E-state index in [9.17, 15) is 14.0 Å². The van der Waals surface area contributed by atoms with Crippen LogP contribution < -0.4 is 10.6 Å². The molecule has 38 heavy (non-hydrogen) atoms. The number of tetrazole rings is 1. The van der Waals surface area contributed by atoms with Gasteiger partial charge in [-0.2, -0.15) is 0 Å². The number of nitrogens with zero attached hydrogens (tertiary/aromatic N) is 5. The lowest BCUT2D eigenvalue weighted by Gasteiger charge is -2.39. The van der Waals surface area contributed by atoms with Crippen molar-refractivity contribution < 1.29 is 14.0 Å². The molecule has 2 aromatic carbocycles. The molecule has 9 nitrogen and oxygen atoms in total. The number of nitrogens with one attached hydrogen (secondary N) is 2. The second kappa shape index (κ2) is 11.7. The summed E-state index contributed by atoms with van der Waals surface area (Å²) in [6, 6.07) is 13.5. The average Bonchev–Trinajstić information content (AvgIpc) is 3.36. The molecule has 0 spiro atoms. The lowest BCUT2D eigenvalue weighted by Crippen LogP contribution is -2.52. The lowest BCUT2D eigenvalue weighted by molar-refractivity contribution is -0.139. The van der Waals surface area contributed by atoms with E-state index in [1.807, 2.05) is 41.3 Å². The predicted octanol–water partition coefficient (Wildman–Crippen LogP) is 4.18. The number of benzene rings is 2. The second-order valence-electron chi connectivity index (χ2n) is 10.4. The Hall–Kier alpha value is -3.82. The summed E-state index contributed by atoms with van der Waals surface area (Å²) in [6.45, 7) is 1.46. The molecular weight excluding hydrogens is 485 g/mol. The Morgan fingerprint density at radius 1 is 1.00 bits per heavy atom. The monoisotopic (exact) mass is 519 g/mol. The molecule has 3 aromatic rings. The SMILES string of the molecule is Cn1nnnc1-c1ccc(NC(=O)NC2CCCCC2C(=O)N2CCCC(Cc3ccc(F)cc3)C2)cc1. The number of anilines is 1. The minimum Gasteiger partial charge on any atom is -0.342 e. The lowest BCUT2D eigenvalue weighted by atomic mass is 9.82. The van der Waals surface area contributed by atoms with E-state index < -0.39 is 0 Å². The Bertz CT molecular complexity index is 1240. The standard InChI is InChI=1S/C28H34FN7O2/c1-35-26(32-33-34-35)21-10-14-23(15-11-21)30-28(38)31-25-7-3-2-6-24(25)27(37)36-16-4-5-20(18-36)17-19-8-12-22(29)13-9-19/h8-15,20,24-25H,2-7,16-18H2,1H3,(H2,30,31,38). The van der Waals surface area contributed by atoms with Crippen molar-refractivity contribution in [1.82, 2.24) is 30.4 Å². The molecule has 2 heterocycles. The maximum Gasteiger partial charge on any atom is 0.319 e. The van der Waals surface area contributed by atoms with Gasteiger partial charge in [-0.25, -0.2) is 13.9 Å². The minimum absolute atomic E-state index is 0.139. The molecule has 3 unspecified atom stereocenters. The van der Waals surface area contributed by atoms with Gasteiger partial charge < -0.3 is 15.5 Å². The topological polar surface area (TPSA) is 105 Å². The molecule has 0 bridgehead atoms. The summed E-state index contributed by atoms with van der Waals surface area (Å²) >= 11 is 0. The van der Waals surface area contributed by atoms with Crippen LogP contribution in [0.25, 0.3) is 11.4 Å². The number of amides is 3. The highest BCUT2D eigenvalue weighted by Crippen LogP contribution is 2.29. The molecule has 1 saturated heterocycles. The normalized spacial score (nSPS) is 21.6. The summed E-state index contributed by atoms with van der Waals surface area (Å²) in [5.74, 6) is 0.690. The molecule has 1 aliphatic heterocycles. The highest BCUT2D eigenvalue weighted by Gasteiger charge is 2.36. The van der Waals surface area contributed by atoms with Crippen LogP contribution in [0.2, 0.25) is 0 Å². The van der Waals surface area contributed by atoms with Crippen molar-refractivity contribution in [3.05, 3.63) is 59.9 Å². The number of halogens is 1. The van der Waals surface area contributed by atoms with Crippen molar-refractivity contribution in [1.29, 1.82) is 0 Å². The van der Waals surface area contributed by atoms with Crippen LogP contribution in [0.4, 0.5) is 14.9 Å². The van der Waals surface area contributed by atoms with Gasteiger partial charge in [-0.15, -0.1) is 5.10 Å². The predicted molar refractivity (Wildman–Crippen MR) is 142 cm³/mol. The molecule has 10 heteroatoms. The fraction of sp³-hybridized carbons (Fsp3) is 0.464. The Balaban J connectivity index is 1.17. The van der Waals surface area contributed by atoms with E-state index in [0.29, 0.717) is 24.0 Å². The number of urea groups is 1. The highest BCUT2D eigenvalue weighted by molar-refractivity contribution is 5.90. The summed E-state index contributed by atoms with van der Waals surface area (Å²) in [5.41, 5.74) is 2.60. The van der Waals surface area contributed by atoms with Crippen LogP contribution in [0.1, 0.15) is 44.1 Å². The number of aromatic nitrogens is 4. The van der Waals surface area contributed by atoms with Gasteiger partial charge in [0, 0.05) is 37.4 Å².